The molecule has 1 aromatic carbocycles. The van der Waals surface area contributed by atoms with Gasteiger partial charge in [-0.05, 0) is 24.3 Å². The number of anilines is 1. The molecule has 0 fully saturated rings. The van der Waals surface area contributed by atoms with E-state index in [1.165, 1.54) is 12.5 Å². The van der Waals surface area contributed by atoms with Gasteiger partial charge in [-0.3, -0.25) is 23.9 Å². The Hall–Kier alpha value is -3.88. The van der Waals surface area contributed by atoms with Gasteiger partial charge in [0.2, 0.25) is 5.91 Å². The average Bonchev–Trinajstić information content (AvgIpc) is 3.16. The number of H-pyrrole nitrogens is 1. The summed E-state index contributed by atoms with van der Waals surface area (Å²) in [6.45, 7) is -0.0984. The van der Waals surface area contributed by atoms with Gasteiger partial charge >= 0.3 is 5.69 Å². The van der Waals surface area contributed by atoms with Crippen molar-refractivity contribution in [2.75, 3.05) is 5.32 Å². The summed E-state index contributed by atoms with van der Waals surface area (Å²) in [6.07, 6.45) is 2.73. The molecule has 0 unspecified atom stereocenters. The number of furan rings is 1. The summed E-state index contributed by atoms with van der Waals surface area (Å²) in [5.74, 6) is -0.304. The molecular weight excluding hydrogens is 352 g/mol. The average molecular weight is 368 g/mol. The van der Waals surface area contributed by atoms with Crippen LogP contribution >= 0.6 is 0 Å². The molecule has 0 saturated carbocycles. The number of para-hydroxylation sites is 1. The van der Waals surface area contributed by atoms with Gasteiger partial charge in [-0.1, -0.05) is 12.1 Å². The zero-order chi connectivity index (χ0) is 19.2. The van der Waals surface area contributed by atoms with Crippen LogP contribution in [0.1, 0.15) is 16.1 Å². The van der Waals surface area contributed by atoms with E-state index in [1.807, 2.05) is 0 Å². The second kappa shape index (κ2) is 8.00. The van der Waals surface area contributed by atoms with Gasteiger partial charge in [0.05, 0.1) is 24.1 Å². The summed E-state index contributed by atoms with van der Waals surface area (Å²) in [6, 6.07) is 11.1. The zero-order valence-corrected chi connectivity index (χ0v) is 14.1. The van der Waals surface area contributed by atoms with Crippen molar-refractivity contribution in [3.63, 3.8) is 0 Å². The van der Waals surface area contributed by atoms with Crippen molar-refractivity contribution in [2.45, 2.75) is 13.1 Å². The molecule has 0 aliphatic carbocycles. The first-order chi connectivity index (χ1) is 13.0. The van der Waals surface area contributed by atoms with Gasteiger partial charge in [0.25, 0.3) is 11.5 Å². The van der Waals surface area contributed by atoms with Crippen molar-refractivity contribution in [3.8, 4) is 0 Å². The SMILES string of the molecule is O=C(Cn1ccc(=O)[nH]c1=O)Nc1ccccc1C(=O)NCc1ccco1. The Bertz CT molecular complexity index is 1070. The van der Waals surface area contributed by atoms with Crippen LogP contribution in [0.4, 0.5) is 5.69 Å². The van der Waals surface area contributed by atoms with E-state index in [-0.39, 0.29) is 24.6 Å². The maximum Gasteiger partial charge on any atom is 0.328 e. The molecule has 2 amide bonds. The van der Waals surface area contributed by atoms with Gasteiger partial charge in [-0.15, -0.1) is 0 Å². The van der Waals surface area contributed by atoms with E-state index < -0.39 is 17.2 Å². The Morgan fingerprint density at radius 1 is 1.07 bits per heavy atom. The minimum atomic E-state index is -0.692. The molecule has 2 aromatic heterocycles. The van der Waals surface area contributed by atoms with Gasteiger partial charge in [0.1, 0.15) is 12.3 Å². The highest BCUT2D eigenvalue weighted by Crippen LogP contribution is 2.15. The fourth-order valence-corrected chi connectivity index (χ4v) is 2.38. The van der Waals surface area contributed by atoms with Crippen molar-refractivity contribution < 1.29 is 14.0 Å². The number of aromatic nitrogens is 2. The predicted octanol–water partition coefficient (Wildman–Crippen LogP) is 0.698. The minimum absolute atomic E-state index is 0.209. The number of benzene rings is 1. The minimum Gasteiger partial charge on any atom is -0.467 e. The van der Waals surface area contributed by atoms with Crippen LogP contribution in [-0.2, 0) is 17.9 Å². The summed E-state index contributed by atoms with van der Waals surface area (Å²) in [4.78, 5) is 49.4. The van der Waals surface area contributed by atoms with E-state index in [1.54, 1.807) is 36.4 Å². The normalized spacial score (nSPS) is 10.4. The molecule has 3 aromatic rings. The molecule has 0 atom stereocenters. The van der Waals surface area contributed by atoms with Crippen LogP contribution < -0.4 is 21.9 Å². The van der Waals surface area contributed by atoms with Crippen LogP contribution in [0.25, 0.3) is 0 Å². The molecule has 2 heterocycles. The van der Waals surface area contributed by atoms with Crippen molar-refractivity contribution in [3.05, 3.63) is 87.1 Å². The lowest BCUT2D eigenvalue weighted by atomic mass is 10.1. The zero-order valence-electron chi connectivity index (χ0n) is 14.1. The third-order valence-electron chi connectivity index (χ3n) is 3.66. The molecule has 0 aliphatic heterocycles. The Morgan fingerprint density at radius 3 is 2.63 bits per heavy atom. The number of hydrogen-bond donors (Lipinski definition) is 3. The fourth-order valence-electron chi connectivity index (χ4n) is 2.38. The van der Waals surface area contributed by atoms with Crippen molar-refractivity contribution in [1.82, 2.24) is 14.9 Å². The van der Waals surface area contributed by atoms with E-state index in [0.717, 1.165) is 10.6 Å². The first-order valence-corrected chi connectivity index (χ1v) is 8.02. The van der Waals surface area contributed by atoms with Crippen LogP contribution in [0.2, 0.25) is 0 Å². The van der Waals surface area contributed by atoms with Crippen LogP contribution in [0.3, 0.4) is 0 Å². The summed E-state index contributed by atoms with van der Waals surface area (Å²) in [5.41, 5.74) is -0.666. The number of carbonyl (C=O) groups excluding carboxylic acids is 2. The number of carbonyl (C=O) groups is 2. The molecule has 3 rings (SSSR count). The van der Waals surface area contributed by atoms with E-state index in [2.05, 4.69) is 15.6 Å². The quantitative estimate of drug-likeness (QED) is 0.590. The molecule has 3 N–H and O–H groups in total. The van der Waals surface area contributed by atoms with Crippen molar-refractivity contribution in [2.24, 2.45) is 0 Å². The highest BCUT2D eigenvalue weighted by Gasteiger charge is 2.14. The third kappa shape index (κ3) is 4.60. The fraction of sp³-hybridized carbons (Fsp3) is 0.111. The van der Waals surface area contributed by atoms with Gasteiger partial charge in [0, 0.05) is 12.3 Å². The summed E-state index contributed by atoms with van der Waals surface area (Å²) in [7, 11) is 0. The number of aromatic amines is 1. The maximum atomic E-state index is 12.4. The lowest BCUT2D eigenvalue weighted by molar-refractivity contribution is -0.116. The first-order valence-electron chi connectivity index (χ1n) is 8.02. The van der Waals surface area contributed by atoms with Crippen LogP contribution in [-0.4, -0.2) is 21.4 Å². The summed E-state index contributed by atoms with van der Waals surface area (Å²) in [5, 5.41) is 5.30. The molecule has 27 heavy (non-hydrogen) atoms. The number of nitrogens with one attached hydrogen (secondary N) is 3. The van der Waals surface area contributed by atoms with E-state index in [9.17, 15) is 19.2 Å². The third-order valence-corrected chi connectivity index (χ3v) is 3.66. The largest absolute Gasteiger partial charge is 0.467 e. The number of hydrogen-bond acceptors (Lipinski definition) is 5. The second-order valence-corrected chi connectivity index (χ2v) is 5.59. The second-order valence-electron chi connectivity index (χ2n) is 5.59. The van der Waals surface area contributed by atoms with Gasteiger partial charge in [-0.25, -0.2) is 4.79 Å². The molecular formula is C18H16N4O5. The topological polar surface area (TPSA) is 126 Å². The van der Waals surface area contributed by atoms with Crippen LogP contribution in [0, 0.1) is 0 Å². The number of amides is 2. The van der Waals surface area contributed by atoms with E-state index in [0.29, 0.717) is 11.4 Å². The van der Waals surface area contributed by atoms with Crippen molar-refractivity contribution >= 4 is 17.5 Å². The van der Waals surface area contributed by atoms with Gasteiger partial charge < -0.3 is 15.1 Å². The molecule has 0 radical (unpaired) electrons. The molecule has 0 bridgehead atoms. The standard InChI is InChI=1S/C18H16N4O5/c23-15-7-8-22(18(26)21-15)11-16(24)20-14-6-2-1-5-13(14)17(25)19-10-12-4-3-9-27-12/h1-9H,10-11H2,(H,19,25)(H,20,24)(H,21,23,26). The maximum absolute atomic E-state index is 12.4. The van der Waals surface area contributed by atoms with E-state index >= 15 is 0 Å². The highest BCUT2D eigenvalue weighted by atomic mass is 16.3. The van der Waals surface area contributed by atoms with Gasteiger partial charge in [0.15, 0.2) is 0 Å². The summed E-state index contributed by atoms with van der Waals surface area (Å²) < 4.78 is 6.21. The Morgan fingerprint density at radius 2 is 1.89 bits per heavy atom. The molecule has 9 nitrogen and oxygen atoms in total. The van der Waals surface area contributed by atoms with Crippen LogP contribution in [0.15, 0.2) is 68.9 Å². The first kappa shape index (κ1) is 17.9. The number of nitrogens with zero attached hydrogens (tertiary/aromatic N) is 1. The molecule has 0 spiro atoms. The Balaban J connectivity index is 1.69. The Kier molecular flexibility index (Phi) is 5.31. The highest BCUT2D eigenvalue weighted by molar-refractivity contribution is 6.03. The molecule has 138 valence electrons. The number of rotatable bonds is 6. The lowest BCUT2D eigenvalue weighted by Gasteiger charge is -2.11. The van der Waals surface area contributed by atoms with E-state index in [4.69, 9.17) is 4.42 Å². The van der Waals surface area contributed by atoms with Crippen LogP contribution in [0.5, 0.6) is 0 Å². The Labute approximate surface area is 152 Å². The summed E-state index contributed by atoms with van der Waals surface area (Å²) >= 11 is 0. The predicted molar refractivity (Wildman–Crippen MR) is 96.3 cm³/mol. The molecule has 0 aliphatic rings. The smallest absolute Gasteiger partial charge is 0.328 e. The molecule has 0 saturated heterocycles. The molecule has 9 heteroatoms. The lowest BCUT2D eigenvalue weighted by Crippen LogP contribution is -2.33. The monoisotopic (exact) mass is 368 g/mol. The van der Waals surface area contributed by atoms with Crippen molar-refractivity contribution in [1.29, 1.82) is 0 Å². The van der Waals surface area contributed by atoms with Gasteiger partial charge in [-0.2, -0.15) is 0 Å².